The van der Waals surface area contributed by atoms with Crippen LogP contribution in [0.25, 0.3) is 0 Å². The minimum Gasteiger partial charge on any atom is -0.390 e. The van der Waals surface area contributed by atoms with Crippen molar-refractivity contribution in [3.63, 3.8) is 0 Å². The van der Waals surface area contributed by atoms with Gasteiger partial charge in [0.15, 0.2) is 5.79 Å². The van der Waals surface area contributed by atoms with Crippen LogP contribution in [0.15, 0.2) is 91.0 Å². The van der Waals surface area contributed by atoms with Crippen LogP contribution in [0.2, 0.25) is 0 Å². The lowest BCUT2D eigenvalue weighted by Crippen LogP contribution is -2.47. The molecule has 0 bridgehead atoms. The zero-order valence-electron chi connectivity index (χ0n) is 18.6. The Hall–Kier alpha value is -2.50. The Kier molecular flexibility index (Phi) is 5.42. The van der Waals surface area contributed by atoms with E-state index in [9.17, 15) is 5.11 Å². The molecule has 3 atom stereocenters. The van der Waals surface area contributed by atoms with Gasteiger partial charge in [-0.3, -0.25) is 0 Å². The van der Waals surface area contributed by atoms with E-state index in [1.54, 1.807) is 0 Å². The van der Waals surface area contributed by atoms with Crippen molar-refractivity contribution in [2.75, 3.05) is 6.61 Å². The monoisotopic (exact) mass is 430 g/mol. The summed E-state index contributed by atoms with van der Waals surface area (Å²) >= 11 is 0. The zero-order valence-corrected chi connectivity index (χ0v) is 18.6. The number of fused-ring (bicyclic) bond motifs is 1. The second kappa shape index (κ2) is 8.13. The molecule has 3 aromatic rings. The molecule has 0 unspecified atom stereocenters. The molecule has 0 amide bonds. The van der Waals surface area contributed by atoms with Gasteiger partial charge in [-0.2, -0.15) is 0 Å². The summed E-state index contributed by atoms with van der Waals surface area (Å²) in [5, 5.41) is 10.6. The SMILES string of the molecule is CC1(C)O[C@H]2[C@@H](O)CC[C@@]2(COC(c2ccccc2)(c2ccccc2)c2ccccc2)O1. The van der Waals surface area contributed by atoms with Crippen LogP contribution in [-0.2, 0) is 19.8 Å². The molecule has 1 saturated carbocycles. The minimum atomic E-state index is -0.827. The zero-order chi connectivity index (χ0) is 22.2. The summed E-state index contributed by atoms with van der Waals surface area (Å²) in [6, 6.07) is 30.9. The van der Waals surface area contributed by atoms with Gasteiger partial charge in [-0.25, -0.2) is 0 Å². The largest absolute Gasteiger partial charge is 0.390 e. The molecule has 32 heavy (non-hydrogen) atoms. The first kappa shape index (κ1) is 21.4. The van der Waals surface area contributed by atoms with E-state index in [2.05, 4.69) is 36.4 Å². The predicted molar refractivity (Wildman–Crippen MR) is 123 cm³/mol. The lowest BCUT2D eigenvalue weighted by Gasteiger charge is -2.39. The fourth-order valence-electron chi connectivity index (χ4n) is 5.33. The second-order valence-electron chi connectivity index (χ2n) is 9.28. The molecule has 0 aromatic heterocycles. The third-order valence-electron chi connectivity index (χ3n) is 6.67. The fraction of sp³-hybridized carbons (Fsp3) is 0.357. The average molecular weight is 431 g/mol. The van der Waals surface area contributed by atoms with Gasteiger partial charge < -0.3 is 19.3 Å². The van der Waals surface area contributed by atoms with Gasteiger partial charge in [0.1, 0.15) is 17.3 Å². The molecule has 1 N–H and O–H groups in total. The molecule has 3 aromatic carbocycles. The highest BCUT2D eigenvalue weighted by molar-refractivity contribution is 5.47. The third-order valence-corrected chi connectivity index (χ3v) is 6.67. The van der Waals surface area contributed by atoms with Gasteiger partial charge in [-0.15, -0.1) is 0 Å². The van der Waals surface area contributed by atoms with Crippen molar-refractivity contribution in [1.82, 2.24) is 0 Å². The van der Waals surface area contributed by atoms with E-state index >= 15 is 0 Å². The molecule has 4 heteroatoms. The summed E-state index contributed by atoms with van der Waals surface area (Å²) in [5.41, 5.74) is 1.62. The van der Waals surface area contributed by atoms with Crippen molar-refractivity contribution >= 4 is 0 Å². The predicted octanol–water partition coefficient (Wildman–Crippen LogP) is 5.04. The van der Waals surface area contributed by atoms with E-state index in [1.807, 2.05) is 68.4 Å². The van der Waals surface area contributed by atoms with Crippen molar-refractivity contribution in [3.05, 3.63) is 108 Å². The summed E-state index contributed by atoms with van der Waals surface area (Å²) in [6.45, 7) is 4.11. The molecule has 1 saturated heterocycles. The normalized spacial score (nSPS) is 26.7. The number of aliphatic hydroxyl groups is 1. The van der Waals surface area contributed by atoms with Crippen LogP contribution in [0, 0.1) is 0 Å². The highest BCUT2D eigenvalue weighted by atomic mass is 16.8. The Morgan fingerprint density at radius 1 is 0.844 bits per heavy atom. The van der Waals surface area contributed by atoms with E-state index in [4.69, 9.17) is 14.2 Å². The fourth-order valence-corrected chi connectivity index (χ4v) is 5.33. The maximum absolute atomic E-state index is 10.6. The highest BCUT2D eigenvalue weighted by Crippen LogP contribution is 2.49. The van der Waals surface area contributed by atoms with Crippen LogP contribution < -0.4 is 0 Å². The first-order valence-corrected chi connectivity index (χ1v) is 11.3. The number of ether oxygens (including phenoxy) is 3. The number of benzene rings is 3. The molecule has 2 fully saturated rings. The molecule has 1 aliphatic heterocycles. The second-order valence-corrected chi connectivity index (χ2v) is 9.28. The van der Waals surface area contributed by atoms with Crippen molar-refractivity contribution in [2.45, 2.75) is 55.9 Å². The van der Waals surface area contributed by atoms with Gasteiger partial charge in [0, 0.05) is 0 Å². The Labute approximate surface area is 189 Å². The van der Waals surface area contributed by atoms with Crippen LogP contribution >= 0.6 is 0 Å². The standard InChI is InChI=1S/C28H30O4/c1-26(2)31-25-24(29)18-19-27(25,32-26)20-30-28(21-12-6-3-7-13-21,22-14-8-4-9-15-22)23-16-10-5-11-17-23/h3-17,24-25,29H,18-20H2,1-2H3/t24-,25-,27-/m0/s1. The van der Waals surface area contributed by atoms with E-state index in [1.165, 1.54) is 0 Å². The van der Waals surface area contributed by atoms with Gasteiger partial charge in [0.25, 0.3) is 0 Å². The first-order chi connectivity index (χ1) is 15.5. The lowest BCUT2D eigenvalue weighted by molar-refractivity contribution is -0.187. The smallest absolute Gasteiger partial charge is 0.164 e. The number of hydrogen-bond donors (Lipinski definition) is 1. The Morgan fingerprint density at radius 2 is 1.31 bits per heavy atom. The molecule has 0 radical (unpaired) electrons. The third kappa shape index (κ3) is 3.57. The van der Waals surface area contributed by atoms with Crippen LogP contribution in [0.3, 0.4) is 0 Å². The number of aliphatic hydroxyl groups excluding tert-OH is 1. The van der Waals surface area contributed by atoms with E-state index in [0.717, 1.165) is 16.7 Å². The van der Waals surface area contributed by atoms with Crippen LogP contribution in [0.1, 0.15) is 43.4 Å². The van der Waals surface area contributed by atoms with Crippen molar-refractivity contribution in [2.24, 2.45) is 0 Å². The molecule has 0 spiro atoms. The molecule has 1 heterocycles. The van der Waals surface area contributed by atoms with Gasteiger partial charge in [0.05, 0.1) is 12.7 Å². The number of hydrogen-bond acceptors (Lipinski definition) is 4. The summed E-state index contributed by atoms with van der Waals surface area (Å²) in [7, 11) is 0. The van der Waals surface area contributed by atoms with Gasteiger partial charge in [-0.1, -0.05) is 91.0 Å². The highest BCUT2D eigenvalue weighted by Gasteiger charge is 2.60. The van der Waals surface area contributed by atoms with E-state index < -0.39 is 29.2 Å². The van der Waals surface area contributed by atoms with Crippen LogP contribution in [0.4, 0.5) is 0 Å². The molecular weight excluding hydrogens is 400 g/mol. The van der Waals surface area contributed by atoms with Gasteiger partial charge in [0.2, 0.25) is 0 Å². The number of rotatable bonds is 6. The maximum Gasteiger partial charge on any atom is 0.164 e. The quantitative estimate of drug-likeness (QED) is 0.557. The molecule has 1 aliphatic carbocycles. The average Bonchev–Trinajstić information content (AvgIpc) is 3.26. The van der Waals surface area contributed by atoms with E-state index in [0.29, 0.717) is 19.4 Å². The molecule has 166 valence electrons. The van der Waals surface area contributed by atoms with Gasteiger partial charge >= 0.3 is 0 Å². The van der Waals surface area contributed by atoms with Gasteiger partial charge in [-0.05, 0) is 43.4 Å². The van der Waals surface area contributed by atoms with Crippen molar-refractivity contribution < 1.29 is 19.3 Å². The van der Waals surface area contributed by atoms with Crippen molar-refractivity contribution in [1.29, 1.82) is 0 Å². The molecule has 2 aliphatic rings. The topological polar surface area (TPSA) is 47.9 Å². The summed E-state index contributed by atoms with van der Waals surface area (Å²) < 4.78 is 19.5. The Balaban J connectivity index is 1.63. The Bertz CT molecular complexity index is 938. The Morgan fingerprint density at radius 3 is 1.78 bits per heavy atom. The summed E-state index contributed by atoms with van der Waals surface area (Å²) in [4.78, 5) is 0. The summed E-state index contributed by atoms with van der Waals surface area (Å²) in [6.07, 6.45) is 0.369. The van der Waals surface area contributed by atoms with E-state index in [-0.39, 0.29) is 0 Å². The minimum absolute atomic E-state index is 0.302. The van der Waals surface area contributed by atoms with Crippen molar-refractivity contribution in [3.8, 4) is 0 Å². The first-order valence-electron chi connectivity index (χ1n) is 11.3. The molecule has 4 nitrogen and oxygen atoms in total. The summed E-state index contributed by atoms with van der Waals surface area (Å²) in [5.74, 6) is -0.760. The van der Waals surface area contributed by atoms with Crippen LogP contribution in [-0.4, -0.2) is 35.3 Å². The van der Waals surface area contributed by atoms with Crippen LogP contribution in [0.5, 0.6) is 0 Å². The molecular formula is C28H30O4. The maximum atomic E-state index is 10.6. The lowest BCUT2D eigenvalue weighted by atomic mass is 9.80. The molecule has 5 rings (SSSR count).